The van der Waals surface area contributed by atoms with Crippen molar-refractivity contribution in [1.29, 1.82) is 0 Å². The minimum atomic E-state index is -3.61. The van der Waals surface area contributed by atoms with Gasteiger partial charge in [0.25, 0.3) is 0 Å². The van der Waals surface area contributed by atoms with E-state index in [1.165, 1.54) is 11.8 Å². The summed E-state index contributed by atoms with van der Waals surface area (Å²) in [6.45, 7) is 0.202. The molecule has 3 aromatic carbocycles. The van der Waals surface area contributed by atoms with E-state index in [2.05, 4.69) is 4.72 Å². The number of benzene rings is 3. The molecule has 0 bridgehead atoms. The van der Waals surface area contributed by atoms with Crippen molar-refractivity contribution in [2.24, 2.45) is 0 Å². The Morgan fingerprint density at radius 1 is 0.815 bits per heavy atom. The first-order valence-electron chi connectivity index (χ1n) is 8.18. The highest BCUT2D eigenvalue weighted by molar-refractivity contribution is 7.99. The second-order valence-electron chi connectivity index (χ2n) is 5.73. The molecular weight excluding hydrogens is 421 g/mol. The van der Waals surface area contributed by atoms with Gasteiger partial charge in [-0.2, -0.15) is 0 Å². The van der Waals surface area contributed by atoms with E-state index < -0.39 is 10.0 Å². The Hall–Kier alpha value is -1.50. The third-order valence-electron chi connectivity index (χ3n) is 3.86. The van der Waals surface area contributed by atoms with Crippen molar-refractivity contribution in [3.05, 3.63) is 94.5 Å². The van der Waals surface area contributed by atoms with Gasteiger partial charge in [0.1, 0.15) is 0 Å². The van der Waals surface area contributed by atoms with Crippen LogP contribution in [0.15, 0.2) is 88.7 Å². The molecule has 0 fully saturated rings. The molecule has 0 aliphatic heterocycles. The Morgan fingerprint density at radius 3 is 1.96 bits per heavy atom. The molecule has 3 aromatic rings. The van der Waals surface area contributed by atoms with Crippen molar-refractivity contribution in [2.45, 2.75) is 15.0 Å². The highest BCUT2D eigenvalue weighted by Gasteiger charge is 2.21. The van der Waals surface area contributed by atoms with E-state index in [1.54, 1.807) is 48.5 Å². The molecule has 0 saturated heterocycles. The molecule has 0 amide bonds. The summed E-state index contributed by atoms with van der Waals surface area (Å²) < 4.78 is 27.9. The molecule has 0 aliphatic rings. The van der Waals surface area contributed by atoms with Crippen molar-refractivity contribution in [3.63, 3.8) is 0 Å². The van der Waals surface area contributed by atoms with Gasteiger partial charge in [0.05, 0.1) is 14.9 Å². The van der Waals surface area contributed by atoms with Crippen LogP contribution in [0.5, 0.6) is 0 Å². The van der Waals surface area contributed by atoms with Crippen LogP contribution in [0.1, 0.15) is 10.8 Å². The molecular formula is C20H17Cl2NO2S2. The molecule has 0 unspecified atom stereocenters. The van der Waals surface area contributed by atoms with Crippen molar-refractivity contribution >= 4 is 45.0 Å². The van der Waals surface area contributed by atoms with Crippen LogP contribution in [-0.2, 0) is 10.0 Å². The molecule has 0 saturated carbocycles. The average Bonchev–Trinajstić information content (AvgIpc) is 2.68. The topological polar surface area (TPSA) is 46.2 Å². The van der Waals surface area contributed by atoms with Crippen molar-refractivity contribution < 1.29 is 8.42 Å². The SMILES string of the molecule is O=S(=O)(NC[C@@H](Sc1c(Cl)cccc1Cl)c1ccccc1)c1ccccc1. The second kappa shape index (κ2) is 9.13. The standard InChI is InChI=1S/C20H17Cl2NO2S2/c21-17-12-7-13-18(22)20(17)26-19(15-8-3-1-4-9-15)14-23-27(24,25)16-10-5-2-6-11-16/h1-13,19,23H,14H2/t19-/m1/s1. The van der Waals surface area contributed by atoms with Crippen LogP contribution < -0.4 is 4.72 Å². The number of sulfonamides is 1. The third kappa shape index (κ3) is 5.27. The normalized spacial score (nSPS) is 12.7. The van der Waals surface area contributed by atoms with Gasteiger partial charge in [0, 0.05) is 16.7 Å². The van der Waals surface area contributed by atoms with E-state index in [0.717, 1.165) is 10.5 Å². The monoisotopic (exact) mass is 437 g/mol. The summed E-state index contributed by atoms with van der Waals surface area (Å²) in [7, 11) is -3.61. The zero-order valence-electron chi connectivity index (χ0n) is 14.2. The Balaban J connectivity index is 1.85. The second-order valence-corrected chi connectivity index (χ2v) is 9.53. The molecule has 0 spiro atoms. The van der Waals surface area contributed by atoms with Gasteiger partial charge in [-0.05, 0) is 29.8 Å². The lowest BCUT2D eigenvalue weighted by Gasteiger charge is -2.19. The van der Waals surface area contributed by atoms with E-state index >= 15 is 0 Å². The average molecular weight is 438 g/mol. The largest absolute Gasteiger partial charge is 0.240 e. The fourth-order valence-corrected chi connectivity index (χ4v) is 5.45. The molecule has 0 radical (unpaired) electrons. The Kier molecular flexibility index (Phi) is 6.84. The Bertz CT molecular complexity index is 977. The Labute approximate surface area is 173 Å². The molecule has 3 rings (SSSR count). The quantitative estimate of drug-likeness (QED) is 0.474. The van der Waals surface area contributed by atoms with Crippen LogP contribution >= 0.6 is 35.0 Å². The highest BCUT2D eigenvalue weighted by Crippen LogP contribution is 2.42. The van der Waals surface area contributed by atoms with Gasteiger partial charge in [-0.15, -0.1) is 11.8 Å². The Morgan fingerprint density at radius 2 is 1.37 bits per heavy atom. The van der Waals surface area contributed by atoms with Crippen LogP contribution in [0.4, 0.5) is 0 Å². The van der Waals surface area contributed by atoms with E-state index in [9.17, 15) is 8.42 Å². The first-order valence-corrected chi connectivity index (χ1v) is 11.3. The fourth-order valence-electron chi connectivity index (χ4n) is 2.50. The number of halogens is 2. The van der Waals surface area contributed by atoms with Crippen LogP contribution in [0.3, 0.4) is 0 Å². The van der Waals surface area contributed by atoms with Gasteiger partial charge in [-0.3, -0.25) is 0 Å². The summed E-state index contributed by atoms with van der Waals surface area (Å²) in [5.41, 5.74) is 0.981. The van der Waals surface area contributed by atoms with E-state index in [4.69, 9.17) is 23.2 Å². The van der Waals surface area contributed by atoms with Gasteiger partial charge in [-0.25, -0.2) is 13.1 Å². The summed E-state index contributed by atoms with van der Waals surface area (Å²) in [5.74, 6) is 0. The number of hydrogen-bond donors (Lipinski definition) is 1. The fraction of sp³-hybridized carbons (Fsp3) is 0.100. The van der Waals surface area contributed by atoms with Crippen molar-refractivity contribution in [2.75, 3.05) is 6.54 Å². The number of thioether (sulfide) groups is 1. The van der Waals surface area contributed by atoms with Gasteiger partial charge < -0.3 is 0 Å². The summed E-state index contributed by atoms with van der Waals surface area (Å²) in [4.78, 5) is 0.964. The maximum atomic E-state index is 12.6. The molecule has 27 heavy (non-hydrogen) atoms. The summed E-state index contributed by atoms with van der Waals surface area (Å²) in [6, 6.07) is 23.3. The summed E-state index contributed by atoms with van der Waals surface area (Å²) in [6.07, 6.45) is 0. The lowest BCUT2D eigenvalue weighted by Crippen LogP contribution is -2.27. The van der Waals surface area contributed by atoms with Gasteiger partial charge in [-0.1, -0.05) is 77.8 Å². The van der Waals surface area contributed by atoms with Crippen LogP contribution in [0.2, 0.25) is 10.0 Å². The first kappa shape index (κ1) is 20.2. The smallest absolute Gasteiger partial charge is 0.210 e. The molecule has 0 aliphatic carbocycles. The predicted octanol–water partition coefficient (Wildman–Crippen LogP) is 5.81. The van der Waals surface area contributed by atoms with Crippen LogP contribution in [0.25, 0.3) is 0 Å². The summed E-state index contributed by atoms with van der Waals surface area (Å²) >= 11 is 14.0. The molecule has 1 N–H and O–H groups in total. The third-order valence-corrected chi connectivity index (χ3v) is 7.56. The zero-order valence-corrected chi connectivity index (χ0v) is 17.3. The number of rotatable bonds is 7. The van der Waals surface area contributed by atoms with Crippen LogP contribution in [0, 0.1) is 0 Å². The van der Waals surface area contributed by atoms with E-state index in [1.807, 2.05) is 30.3 Å². The molecule has 0 aromatic heterocycles. The van der Waals surface area contributed by atoms with Crippen LogP contribution in [-0.4, -0.2) is 15.0 Å². The van der Waals surface area contributed by atoms with Gasteiger partial charge in [0.2, 0.25) is 10.0 Å². The highest BCUT2D eigenvalue weighted by atomic mass is 35.5. The van der Waals surface area contributed by atoms with Gasteiger partial charge in [0.15, 0.2) is 0 Å². The maximum Gasteiger partial charge on any atom is 0.240 e. The molecule has 0 heterocycles. The zero-order chi connectivity index (χ0) is 19.3. The lowest BCUT2D eigenvalue weighted by atomic mass is 10.1. The maximum absolute atomic E-state index is 12.6. The van der Waals surface area contributed by atoms with E-state index in [0.29, 0.717) is 10.0 Å². The molecule has 3 nitrogen and oxygen atoms in total. The van der Waals surface area contributed by atoms with E-state index in [-0.39, 0.29) is 16.7 Å². The predicted molar refractivity (Wildman–Crippen MR) is 113 cm³/mol. The number of nitrogens with one attached hydrogen (secondary N) is 1. The first-order chi connectivity index (χ1) is 13.0. The number of hydrogen-bond acceptors (Lipinski definition) is 3. The molecule has 7 heteroatoms. The minimum Gasteiger partial charge on any atom is -0.210 e. The lowest BCUT2D eigenvalue weighted by molar-refractivity contribution is 0.581. The molecule has 1 atom stereocenters. The molecule has 140 valence electrons. The summed E-state index contributed by atoms with van der Waals surface area (Å²) in [5, 5.41) is 0.890. The minimum absolute atomic E-state index is 0.193. The van der Waals surface area contributed by atoms with Crippen molar-refractivity contribution in [3.8, 4) is 0 Å². The van der Waals surface area contributed by atoms with Crippen molar-refractivity contribution in [1.82, 2.24) is 4.72 Å². The van der Waals surface area contributed by atoms with Gasteiger partial charge >= 0.3 is 0 Å².